The highest BCUT2D eigenvalue weighted by atomic mass is 19.1. The average molecular weight is 513 g/mol. The van der Waals surface area contributed by atoms with Crippen LogP contribution in [0.15, 0.2) is 54.7 Å². The molecule has 0 radical (unpaired) electrons. The fourth-order valence-corrected chi connectivity index (χ4v) is 4.34. The molecule has 1 fully saturated rings. The fraction of sp³-hybridized carbons (Fsp3) is 0.280. The topological polar surface area (TPSA) is 131 Å². The number of hydrogen-bond donors (Lipinski definition) is 2. The summed E-state index contributed by atoms with van der Waals surface area (Å²) in [6.45, 7) is 0.0443. The van der Waals surface area contributed by atoms with Crippen molar-refractivity contribution >= 4 is 11.9 Å². The standard InChI is InChI=1S/C25H21F2N3O7/c1-30-11-9-19(35-22-16(26)4-2-5-17(22)27)14-8-7-13(18-6-3-10-28-29-18)12-15(14)25(30)36-23(33)20(31)21(32)24(34)37-25/h2-8,10,12,19-21,31-32H,9,11H2,1H3. The Morgan fingerprint density at radius 3 is 2.32 bits per heavy atom. The Kier molecular flexibility index (Phi) is 6.31. The molecule has 3 unspecified atom stereocenters. The Bertz CT molecular complexity index is 1320. The Morgan fingerprint density at radius 2 is 1.70 bits per heavy atom. The lowest BCUT2D eigenvalue weighted by Crippen LogP contribution is -2.50. The molecule has 1 saturated heterocycles. The molecule has 3 heterocycles. The van der Waals surface area contributed by atoms with Gasteiger partial charge in [0.25, 0.3) is 0 Å². The zero-order valence-electron chi connectivity index (χ0n) is 19.4. The van der Waals surface area contributed by atoms with Crippen molar-refractivity contribution in [3.05, 3.63) is 77.5 Å². The number of carbonyl (C=O) groups is 2. The van der Waals surface area contributed by atoms with Gasteiger partial charge in [-0.15, -0.1) is 0 Å². The van der Waals surface area contributed by atoms with E-state index in [4.69, 9.17) is 14.2 Å². The van der Waals surface area contributed by atoms with Gasteiger partial charge in [-0.05, 0) is 37.4 Å². The molecule has 2 aliphatic heterocycles. The van der Waals surface area contributed by atoms with Crippen LogP contribution < -0.4 is 4.74 Å². The third-order valence-electron chi connectivity index (χ3n) is 6.28. The molecule has 1 spiro atoms. The molecular weight excluding hydrogens is 492 g/mol. The van der Waals surface area contributed by atoms with Gasteiger partial charge >= 0.3 is 17.8 Å². The largest absolute Gasteiger partial charge is 0.480 e. The summed E-state index contributed by atoms with van der Waals surface area (Å²) in [5.41, 5.74) is 1.26. The van der Waals surface area contributed by atoms with Crippen molar-refractivity contribution in [2.24, 2.45) is 0 Å². The van der Waals surface area contributed by atoms with E-state index >= 15 is 0 Å². The van der Waals surface area contributed by atoms with Crippen LogP contribution in [-0.2, 0) is 25.0 Å². The Morgan fingerprint density at radius 1 is 1.03 bits per heavy atom. The molecule has 2 aliphatic rings. The van der Waals surface area contributed by atoms with Gasteiger partial charge in [-0.25, -0.2) is 23.3 Å². The van der Waals surface area contributed by atoms with E-state index in [1.807, 2.05) is 0 Å². The number of hydrogen-bond acceptors (Lipinski definition) is 10. The van der Waals surface area contributed by atoms with Crippen LogP contribution in [0.3, 0.4) is 0 Å². The van der Waals surface area contributed by atoms with Gasteiger partial charge in [-0.1, -0.05) is 18.2 Å². The van der Waals surface area contributed by atoms with Crippen molar-refractivity contribution in [2.45, 2.75) is 30.6 Å². The van der Waals surface area contributed by atoms with Crippen LogP contribution in [0.25, 0.3) is 11.3 Å². The van der Waals surface area contributed by atoms with Crippen LogP contribution in [-0.4, -0.2) is 63.0 Å². The van der Waals surface area contributed by atoms with E-state index in [0.29, 0.717) is 11.3 Å². The minimum absolute atomic E-state index is 0.0443. The van der Waals surface area contributed by atoms with Gasteiger partial charge in [0.2, 0.25) is 0 Å². The van der Waals surface area contributed by atoms with E-state index in [-0.39, 0.29) is 24.1 Å². The van der Waals surface area contributed by atoms with E-state index in [2.05, 4.69) is 10.2 Å². The number of benzene rings is 2. The Hall–Kier alpha value is -4.00. The lowest BCUT2D eigenvalue weighted by molar-refractivity contribution is -0.288. The number of para-hydroxylation sites is 1. The van der Waals surface area contributed by atoms with Crippen molar-refractivity contribution in [3.8, 4) is 17.0 Å². The number of halogens is 2. The molecule has 3 atom stereocenters. The van der Waals surface area contributed by atoms with Gasteiger partial charge in [0.1, 0.15) is 6.10 Å². The molecule has 2 N–H and O–H groups in total. The number of aromatic nitrogens is 2. The minimum Gasteiger partial charge on any atom is -0.480 e. The summed E-state index contributed by atoms with van der Waals surface area (Å²) in [4.78, 5) is 26.7. The summed E-state index contributed by atoms with van der Waals surface area (Å²) in [6, 6.07) is 11.4. The maximum atomic E-state index is 14.5. The average Bonchev–Trinajstić information content (AvgIpc) is 3.06. The molecular formula is C25H21F2N3O7. The molecule has 0 saturated carbocycles. The molecule has 3 aromatic rings. The van der Waals surface area contributed by atoms with Crippen LogP contribution >= 0.6 is 0 Å². The summed E-state index contributed by atoms with van der Waals surface area (Å²) in [7, 11) is 1.48. The number of aliphatic hydroxyl groups excluding tert-OH is 2. The van der Waals surface area contributed by atoms with Gasteiger partial charge in [0, 0.05) is 30.3 Å². The quantitative estimate of drug-likeness (QED) is 0.500. The highest BCUT2D eigenvalue weighted by Gasteiger charge is 2.55. The molecule has 37 heavy (non-hydrogen) atoms. The molecule has 0 aliphatic carbocycles. The van der Waals surface area contributed by atoms with Gasteiger partial charge in [-0.3, -0.25) is 0 Å². The van der Waals surface area contributed by atoms with Gasteiger partial charge < -0.3 is 24.4 Å². The molecule has 2 aromatic carbocycles. The molecule has 5 rings (SSSR count). The lowest BCUT2D eigenvalue weighted by Gasteiger charge is -2.38. The minimum atomic E-state index is -2.24. The maximum Gasteiger partial charge on any atom is 0.349 e. The van der Waals surface area contributed by atoms with Crippen molar-refractivity contribution in [1.29, 1.82) is 0 Å². The van der Waals surface area contributed by atoms with E-state index < -0.39 is 53.5 Å². The highest BCUT2D eigenvalue weighted by molar-refractivity contribution is 5.87. The van der Waals surface area contributed by atoms with Crippen LogP contribution in [0.2, 0.25) is 0 Å². The zero-order chi connectivity index (χ0) is 26.3. The third kappa shape index (κ3) is 4.28. The summed E-state index contributed by atoms with van der Waals surface area (Å²) in [5, 5.41) is 28.1. The summed E-state index contributed by atoms with van der Waals surface area (Å²) in [5.74, 6) is -7.28. The van der Waals surface area contributed by atoms with Crippen LogP contribution in [0.5, 0.6) is 5.75 Å². The number of esters is 2. The smallest absolute Gasteiger partial charge is 0.349 e. The van der Waals surface area contributed by atoms with E-state index in [0.717, 1.165) is 12.1 Å². The first-order chi connectivity index (χ1) is 17.7. The van der Waals surface area contributed by atoms with Gasteiger partial charge in [0.05, 0.1) is 11.3 Å². The maximum absolute atomic E-state index is 14.5. The van der Waals surface area contributed by atoms with Crippen molar-refractivity contribution < 1.29 is 42.8 Å². The number of carbonyl (C=O) groups excluding carboxylic acids is 2. The lowest BCUT2D eigenvalue weighted by atomic mass is 9.95. The molecule has 0 bridgehead atoms. The number of fused-ring (bicyclic) bond motifs is 2. The first-order valence-corrected chi connectivity index (χ1v) is 11.3. The predicted molar refractivity (Wildman–Crippen MR) is 120 cm³/mol. The van der Waals surface area contributed by atoms with E-state index in [9.17, 15) is 28.6 Å². The van der Waals surface area contributed by atoms with E-state index in [1.54, 1.807) is 24.3 Å². The monoisotopic (exact) mass is 513 g/mol. The molecule has 192 valence electrons. The van der Waals surface area contributed by atoms with Crippen LogP contribution in [0, 0.1) is 11.6 Å². The second-order valence-corrected chi connectivity index (χ2v) is 8.59. The number of aliphatic hydroxyl groups is 2. The van der Waals surface area contributed by atoms with Crippen LogP contribution in [0.4, 0.5) is 8.78 Å². The predicted octanol–water partition coefficient (Wildman–Crippen LogP) is 1.81. The normalized spacial score (nSPS) is 26.0. The van der Waals surface area contributed by atoms with Crippen LogP contribution in [0.1, 0.15) is 23.7 Å². The van der Waals surface area contributed by atoms with Crippen molar-refractivity contribution in [2.75, 3.05) is 13.6 Å². The first-order valence-electron chi connectivity index (χ1n) is 11.3. The Labute approximate surface area is 209 Å². The van der Waals surface area contributed by atoms with Gasteiger partial charge in [-0.2, -0.15) is 10.2 Å². The van der Waals surface area contributed by atoms with E-state index in [1.165, 1.54) is 30.3 Å². The fourth-order valence-electron chi connectivity index (χ4n) is 4.34. The highest BCUT2D eigenvalue weighted by Crippen LogP contribution is 2.44. The Balaban J connectivity index is 1.70. The summed E-state index contributed by atoms with van der Waals surface area (Å²) < 4.78 is 45.8. The zero-order valence-corrected chi connectivity index (χ0v) is 19.4. The SMILES string of the molecule is CN1CCC(Oc2c(F)cccc2F)c2ccc(-c3cccnn3)cc2C12OC(=O)C(O)C(O)C(=O)O2. The number of nitrogens with zero attached hydrogens (tertiary/aromatic N) is 3. The molecule has 1 aromatic heterocycles. The second kappa shape index (κ2) is 9.47. The summed E-state index contributed by atoms with van der Waals surface area (Å²) in [6.07, 6.45) is -3.74. The summed E-state index contributed by atoms with van der Waals surface area (Å²) >= 11 is 0. The number of rotatable bonds is 3. The van der Waals surface area contributed by atoms with Gasteiger partial charge in [0.15, 0.2) is 29.6 Å². The number of ether oxygens (including phenoxy) is 3. The first kappa shape index (κ1) is 24.7. The van der Waals surface area contributed by atoms with Crippen molar-refractivity contribution in [3.63, 3.8) is 0 Å². The van der Waals surface area contributed by atoms with Crippen molar-refractivity contribution in [1.82, 2.24) is 15.1 Å². The molecule has 12 heteroatoms. The third-order valence-corrected chi connectivity index (χ3v) is 6.28. The second-order valence-electron chi connectivity index (χ2n) is 8.59. The molecule has 0 amide bonds. The molecule has 10 nitrogen and oxygen atoms in total.